The number of hydrogen-bond acceptors (Lipinski definition) is 0. The second kappa shape index (κ2) is 9.03. The summed E-state index contributed by atoms with van der Waals surface area (Å²) >= 11 is 0. The first-order chi connectivity index (χ1) is 13.5. The summed E-state index contributed by atoms with van der Waals surface area (Å²) in [6.07, 6.45) is 3.32. The molecule has 142 valence electrons. The van der Waals surface area contributed by atoms with Gasteiger partial charge in [-0.25, -0.2) is 0 Å². The highest BCUT2D eigenvalue weighted by Crippen LogP contribution is 2.36. The Labute approximate surface area is 171 Å². The molecule has 0 N–H and O–H groups in total. The van der Waals surface area contributed by atoms with Gasteiger partial charge in [0.1, 0.15) is 8.07 Å². The van der Waals surface area contributed by atoms with Crippen LogP contribution in [0.2, 0.25) is 13.1 Å². The molecule has 0 nitrogen and oxygen atoms in total. The second-order valence-corrected chi connectivity index (χ2v) is 12.4. The Hall–Kier alpha value is -2.64. The SMILES string of the molecule is CC(C)=CC/C(=C(/c1ccccc1)[Si](C)(C)c1ccccc1)c1ccccc1. The molecular formula is C27H30Si. The van der Waals surface area contributed by atoms with E-state index in [1.165, 1.54) is 32.7 Å². The van der Waals surface area contributed by atoms with Gasteiger partial charge in [0, 0.05) is 0 Å². The van der Waals surface area contributed by atoms with Gasteiger partial charge in [0.2, 0.25) is 0 Å². The highest BCUT2D eigenvalue weighted by atomic mass is 28.3. The molecule has 0 heterocycles. The molecular weight excluding hydrogens is 352 g/mol. The fraction of sp³-hybridized carbons (Fsp3) is 0.185. The highest BCUT2D eigenvalue weighted by molar-refractivity contribution is 7.05. The molecule has 0 saturated carbocycles. The van der Waals surface area contributed by atoms with Gasteiger partial charge >= 0.3 is 0 Å². The Balaban J connectivity index is 2.32. The van der Waals surface area contributed by atoms with E-state index in [9.17, 15) is 0 Å². The lowest BCUT2D eigenvalue weighted by Gasteiger charge is -2.30. The van der Waals surface area contributed by atoms with Crippen LogP contribution in [0.1, 0.15) is 31.4 Å². The summed E-state index contributed by atoms with van der Waals surface area (Å²) < 4.78 is 0. The molecule has 0 saturated heterocycles. The zero-order valence-electron chi connectivity index (χ0n) is 17.4. The highest BCUT2D eigenvalue weighted by Gasteiger charge is 2.31. The number of rotatable bonds is 6. The third-order valence-electron chi connectivity index (χ3n) is 5.32. The molecule has 3 rings (SSSR count). The lowest BCUT2D eigenvalue weighted by molar-refractivity contribution is 1.29. The van der Waals surface area contributed by atoms with E-state index in [2.05, 4.69) is 124 Å². The largest absolute Gasteiger partial charge is 0.113 e. The summed E-state index contributed by atoms with van der Waals surface area (Å²) in [7, 11) is -1.92. The van der Waals surface area contributed by atoms with Crippen LogP contribution in [0, 0.1) is 0 Å². The summed E-state index contributed by atoms with van der Waals surface area (Å²) in [5.74, 6) is 0. The van der Waals surface area contributed by atoms with Gasteiger partial charge in [0.15, 0.2) is 0 Å². The van der Waals surface area contributed by atoms with E-state index in [1.807, 2.05) is 0 Å². The predicted octanol–water partition coefficient (Wildman–Crippen LogP) is 7.11. The Bertz CT molecular complexity index is 945. The Morgan fingerprint density at radius 1 is 0.679 bits per heavy atom. The lowest BCUT2D eigenvalue weighted by atomic mass is 9.98. The average Bonchev–Trinajstić information content (AvgIpc) is 2.72. The first kappa shape index (κ1) is 20.1. The quantitative estimate of drug-likeness (QED) is 0.242. The van der Waals surface area contributed by atoms with E-state index in [1.54, 1.807) is 0 Å². The van der Waals surface area contributed by atoms with Crippen molar-refractivity contribution in [2.45, 2.75) is 33.4 Å². The van der Waals surface area contributed by atoms with Crippen molar-refractivity contribution in [3.05, 3.63) is 114 Å². The summed E-state index contributed by atoms with van der Waals surface area (Å²) in [5, 5.41) is 3.00. The van der Waals surface area contributed by atoms with Crippen LogP contribution in [0.15, 0.2) is 103 Å². The predicted molar refractivity (Wildman–Crippen MR) is 127 cm³/mol. The molecule has 0 atom stereocenters. The molecule has 28 heavy (non-hydrogen) atoms. The third kappa shape index (κ3) is 4.60. The van der Waals surface area contributed by atoms with Crippen LogP contribution in [-0.4, -0.2) is 8.07 Å². The summed E-state index contributed by atoms with van der Waals surface area (Å²) in [5.41, 5.74) is 5.49. The molecule has 3 aromatic rings. The van der Waals surface area contributed by atoms with E-state index in [0.29, 0.717) is 0 Å². The van der Waals surface area contributed by atoms with Crippen LogP contribution >= 0.6 is 0 Å². The minimum atomic E-state index is -1.92. The van der Waals surface area contributed by atoms with Crippen molar-refractivity contribution in [1.82, 2.24) is 0 Å². The summed E-state index contributed by atoms with van der Waals surface area (Å²) in [4.78, 5) is 0. The van der Waals surface area contributed by atoms with Crippen LogP contribution < -0.4 is 5.19 Å². The minimum absolute atomic E-state index is 0.958. The maximum absolute atomic E-state index is 2.48. The third-order valence-corrected chi connectivity index (χ3v) is 8.94. The second-order valence-electron chi connectivity index (χ2n) is 8.06. The van der Waals surface area contributed by atoms with Gasteiger partial charge in [-0.05, 0) is 42.2 Å². The van der Waals surface area contributed by atoms with Gasteiger partial charge in [0.25, 0.3) is 0 Å². The molecule has 0 aliphatic rings. The smallest absolute Gasteiger partial charge is 0.0815 e. The molecule has 0 amide bonds. The molecule has 0 bridgehead atoms. The maximum atomic E-state index is 2.48. The molecule has 0 fully saturated rings. The van der Waals surface area contributed by atoms with Crippen molar-refractivity contribution in [1.29, 1.82) is 0 Å². The van der Waals surface area contributed by atoms with Gasteiger partial charge in [-0.2, -0.15) is 0 Å². The topological polar surface area (TPSA) is 0 Å². The fourth-order valence-corrected chi connectivity index (χ4v) is 7.03. The van der Waals surface area contributed by atoms with Crippen LogP contribution in [0.25, 0.3) is 10.8 Å². The molecule has 0 unspecified atom stereocenters. The molecule has 0 aliphatic carbocycles. The van der Waals surface area contributed by atoms with Crippen molar-refractivity contribution < 1.29 is 0 Å². The van der Waals surface area contributed by atoms with Crippen molar-refractivity contribution in [3.8, 4) is 0 Å². The van der Waals surface area contributed by atoms with Gasteiger partial charge in [-0.1, -0.05) is 121 Å². The zero-order chi connectivity index (χ0) is 20.0. The van der Waals surface area contributed by atoms with E-state index in [-0.39, 0.29) is 0 Å². The van der Waals surface area contributed by atoms with E-state index in [0.717, 1.165) is 6.42 Å². The van der Waals surface area contributed by atoms with Crippen molar-refractivity contribution in [2.24, 2.45) is 0 Å². The average molecular weight is 383 g/mol. The van der Waals surface area contributed by atoms with Crippen molar-refractivity contribution in [2.75, 3.05) is 0 Å². The Kier molecular flexibility index (Phi) is 6.48. The minimum Gasteiger partial charge on any atom is -0.0815 e. The van der Waals surface area contributed by atoms with Gasteiger partial charge in [-0.3, -0.25) is 0 Å². The molecule has 1 heteroatoms. The Morgan fingerprint density at radius 2 is 1.14 bits per heavy atom. The van der Waals surface area contributed by atoms with E-state index >= 15 is 0 Å². The fourth-order valence-electron chi connectivity index (χ4n) is 3.83. The zero-order valence-corrected chi connectivity index (χ0v) is 18.4. The number of benzene rings is 3. The molecule has 0 radical (unpaired) electrons. The number of allylic oxidation sites excluding steroid dienone is 3. The normalized spacial score (nSPS) is 12.3. The first-order valence-electron chi connectivity index (χ1n) is 10.0. The molecule has 3 aromatic carbocycles. The van der Waals surface area contributed by atoms with Crippen LogP contribution in [0.4, 0.5) is 0 Å². The number of hydrogen-bond donors (Lipinski definition) is 0. The van der Waals surface area contributed by atoms with E-state index in [4.69, 9.17) is 0 Å². The monoisotopic (exact) mass is 382 g/mol. The summed E-state index contributed by atoms with van der Waals surface area (Å²) in [6, 6.07) is 33.0. The summed E-state index contributed by atoms with van der Waals surface area (Å²) in [6.45, 7) is 9.33. The standard InChI is InChI=1S/C27H30Si/c1-22(2)20-21-26(23-14-8-5-9-15-23)27(24-16-10-6-11-17-24)28(3,4)25-18-12-7-13-19-25/h5-20H,21H2,1-4H3/b27-26+. The maximum Gasteiger partial charge on any atom is 0.113 e. The van der Waals surface area contributed by atoms with Crippen LogP contribution in [0.3, 0.4) is 0 Å². The molecule has 0 spiro atoms. The van der Waals surface area contributed by atoms with Crippen molar-refractivity contribution in [3.63, 3.8) is 0 Å². The molecule has 0 aromatic heterocycles. The van der Waals surface area contributed by atoms with Gasteiger partial charge < -0.3 is 0 Å². The van der Waals surface area contributed by atoms with Gasteiger partial charge in [0.05, 0.1) is 0 Å². The van der Waals surface area contributed by atoms with Gasteiger partial charge in [-0.15, -0.1) is 0 Å². The molecule has 0 aliphatic heterocycles. The first-order valence-corrected chi connectivity index (χ1v) is 13.0. The van der Waals surface area contributed by atoms with Crippen LogP contribution in [-0.2, 0) is 0 Å². The lowest BCUT2D eigenvalue weighted by Crippen LogP contribution is -2.43. The van der Waals surface area contributed by atoms with E-state index < -0.39 is 8.07 Å². The Morgan fingerprint density at radius 3 is 1.64 bits per heavy atom. The van der Waals surface area contributed by atoms with Crippen LogP contribution in [0.5, 0.6) is 0 Å². The van der Waals surface area contributed by atoms with Crippen molar-refractivity contribution >= 4 is 24.0 Å².